The number of phenols is 2. The highest BCUT2D eigenvalue weighted by molar-refractivity contribution is 5.96. The highest BCUT2D eigenvalue weighted by Crippen LogP contribution is 2.57. The Bertz CT molecular complexity index is 753. The summed E-state index contributed by atoms with van der Waals surface area (Å²) in [6, 6.07) is 1.72. The first-order chi connectivity index (χ1) is 9.68. The Morgan fingerprint density at radius 1 is 1.30 bits per heavy atom. The van der Waals surface area contributed by atoms with Crippen molar-refractivity contribution in [2.75, 3.05) is 7.11 Å². The lowest BCUT2D eigenvalue weighted by molar-refractivity contribution is 0.00452. The van der Waals surface area contributed by atoms with Gasteiger partial charge in [-0.05, 0) is 18.9 Å². The minimum atomic E-state index is -0.622. The van der Waals surface area contributed by atoms with Crippen LogP contribution in [0.25, 0.3) is 10.8 Å². The fourth-order valence-electron chi connectivity index (χ4n) is 3.65. The molecule has 2 atom stereocenters. The lowest BCUT2D eigenvalue weighted by Crippen LogP contribution is -2.35. The van der Waals surface area contributed by atoms with Gasteiger partial charge in [-0.2, -0.15) is 0 Å². The Morgan fingerprint density at radius 3 is 2.85 bits per heavy atom. The standard InChI is InChI=1S/C16H15NO3/c1-20-16-5-2-9(3-6-16)12-13(16)15(19)10-4-7-17-8-11(10)14(12)18/h2,4-5,7-9,18-19H,3,6H2,1H3/t9-,16+/m0/s1. The van der Waals surface area contributed by atoms with E-state index in [-0.39, 0.29) is 17.4 Å². The third kappa shape index (κ3) is 1.22. The van der Waals surface area contributed by atoms with Gasteiger partial charge in [-0.3, -0.25) is 4.98 Å². The number of allylic oxidation sites excluding steroid dienone is 1. The number of fused-ring (bicyclic) bond motifs is 2. The normalized spacial score (nSPS) is 26.9. The summed E-state index contributed by atoms with van der Waals surface area (Å²) < 4.78 is 5.70. The maximum atomic E-state index is 10.7. The maximum Gasteiger partial charge on any atom is 0.130 e. The Hall–Kier alpha value is -2.07. The first-order valence-corrected chi connectivity index (χ1v) is 6.74. The first-order valence-electron chi connectivity index (χ1n) is 6.74. The third-order valence-corrected chi connectivity index (χ3v) is 4.68. The monoisotopic (exact) mass is 269 g/mol. The highest BCUT2D eigenvalue weighted by atomic mass is 16.5. The molecule has 0 saturated heterocycles. The molecule has 0 aliphatic heterocycles. The number of hydrogen-bond donors (Lipinski definition) is 2. The molecule has 0 radical (unpaired) electrons. The van der Waals surface area contributed by atoms with Gasteiger partial charge in [0.05, 0.1) is 0 Å². The van der Waals surface area contributed by atoms with Crippen LogP contribution in [0.2, 0.25) is 0 Å². The molecule has 20 heavy (non-hydrogen) atoms. The largest absolute Gasteiger partial charge is 0.507 e. The maximum absolute atomic E-state index is 10.7. The van der Waals surface area contributed by atoms with E-state index in [1.54, 1.807) is 25.6 Å². The zero-order valence-corrected chi connectivity index (χ0v) is 11.1. The van der Waals surface area contributed by atoms with Gasteiger partial charge >= 0.3 is 0 Å². The van der Waals surface area contributed by atoms with E-state index in [9.17, 15) is 10.2 Å². The summed E-state index contributed by atoms with van der Waals surface area (Å²) in [5.74, 6) is 0.556. The molecule has 1 heterocycles. The summed E-state index contributed by atoms with van der Waals surface area (Å²) in [7, 11) is 1.65. The van der Waals surface area contributed by atoms with Crippen molar-refractivity contribution in [3.63, 3.8) is 0 Å². The second-order valence-corrected chi connectivity index (χ2v) is 5.51. The predicted molar refractivity (Wildman–Crippen MR) is 74.9 cm³/mol. The van der Waals surface area contributed by atoms with E-state index in [1.807, 2.05) is 6.08 Å². The molecule has 1 aromatic heterocycles. The summed E-state index contributed by atoms with van der Waals surface area (Å²) in [5.41, 5.74) is 0.886. The number of rotatable bonds is 1. The van der Waals surface area contributed by atoms with Crippen molar-refractivity contribution in [1.29, 1.82) is 0 Å². The molecule has 5 rings (SSSR count). The zero-order chi connectivity index (χ0) is 13.9. The number of phenolic OH excluding ortho intramolecular Hbond substituents is 2. The van der Waals surface area contributed by atoms with Crippen molar-refractivity contribution >= 4 is 10.8 Å². The molecule has 0 unspecified atom stereocenters. The Balaban J connectivity index is 2.18. The van der Waals surface area contributed by atoms with Gasteiger partial charge in [0.15, 0.2) is 0 Å². The number of aromatic hydroxyl groups is 2. The van der Waals surface area contributed by atoms with E-state index >= 15 is 0 Å². The van der Waals surface area contributed by atoms with Crippen LogP contribution >= 0.6 is 0 Å². The second kappa shape index (κ2) is 3.73. The molecule has 0 saturated carbocycles. The van der Waals surface area contributed by atoms with Crippen LogP contribution in [0.1, 0.15) is 29.9 Å². The van der Waals surface area contributed by atoms with Crippen molar-refractivity contribution in [2.45, 2.75) is 24.4 Å². The van der Waals surface area contributed by atoms with E-state index in [1.165, 1.54) is 0 Å². The van der Waals surface area contributed by atoms with Crippen molar-refractivity contribution in [1.82, 2.24) is 4.98 Å². The average Bonchev–Trinajstić information content (AvgIpc) is 2.53. The topological polar surface area (TPSA) is 62.6 Å². The minimum absolute atomic E-state index is 0.137. The van der Waals surface area contributed by atoms with E-state index in [0.717, 1.165) is 24.0 Å². The van der Waals surface area contributed by atoms with Crippen LogP contribution in [0, 0.1) is 0 Å². The molecule has 2 N–H and O–H groups in total. The number of nitrogens with zero attached hydrogens (tertiary/aromatic N) is 1. The van der Waals surface area contributed by atoms with Crippen LogP contribution in [0.3, 0.4) is 0 Å². The van der Waals surface area contributed by atoms with E-state index in [0.29, 0.717) is 10.8 Å². The number of ether oxygens (including phenoxy) is 1. The Labute approximate surface area is 116 Å². The molecule has 2 bridgehead atoms. The molecule has 0 fully saturated rings. The zero-order valence-electron chi connectivity index (χ0n) is 11.1. The van der Waals surface area contributed by atoms with Crippen LogP contribution in [0.15, 0.2) is 30.6 Å². The summed E-state index contributed by atoms with van der Waals surface area (Å²) in [4.78, 5) is 4.04. The minimum Gasteiger partial charge on any atom is -0.507 e. The van der Waals surface area contributed by atoms with Crippen LogP contribution < -0.4 is 0 Å². The third-order valence-electron chi connectivity index (χ3n) is 4.68. The van der Waals surface area contributed by atoms with Gasteiger partial charge in [-0.1, -0.05) is 12.2 Å². The summed E-state index contributed by atoms with van der Waals surface area (Å²) in [6.45, 7) is 0. The smallest absolute Gasteiger partial charge is 0.130 e. The summed E-state index contributed by atoms with van der Waals surface area (Å²) >= 11 is 0. The summed E-state index contributed by atoms with van der Waals surface area (Å²) in [5, 5.41) is 22.5. The second-order valence-electron chi connectivity index (χ2n) is 5.51. The first kappa shape index (κ1) is 11.7. The SMILES string of the molecule is CO[C@]12C=C[C@@H](CC1)c1c2c(O)c2ccncc2c1O. The van der Waals surface area contributed by atoms with Gasteiger partial charge < -0.3 is 14.9 Å². The average molecular weight is 269 g/mol. The van der Waals surface area contributed by atoms with E-state index < -0.39 is 5.60 Å². The number of pyridine rings is 1. The van der Waals surface area contributed by atoms with Gasteiger partial charge in [0.25, 0.3) is 0 Å². The molecule has 4 heteroatoms. The lowest BCUT2D eigenvalue weighted by Gasteiger charge is -2.43. The van der Waals surface area contributed by atoms with Gasteiger partial charge in [-0.25, -0.2) is 0 Å². The lowest BCUT2D eigenvalue weighted by atomic mass is 9.67. The van der Waals surface area contributed by atoms with Crippen molar-refractivity contribution in [3.8, 4) is 11.5 Å². The fourth-order valence-corrected chi connectivity index (χ4v) is 3.65. The molecular formula is C16H15NO3. The van der Waals surface area contributed by atoms with Crippen molar-refractivity contribution < 1.29 is 14.9 Å². The number of benzene rings is 1. The Kier molecular flexibility index (Phi) is 2.19. The summed E-state index contributed by atoms with van der Waals surface area (Å²) in [6.07, 6.45) is 9.02. The molecule has 3 aliphatic carbocycles. The van der Waals surface area contributed by atoms with E-state index in [4.69, 9.17) is 4.74 Å². The van der Waals surface area contributed by atoms with Gasteiger partial charge in [0.1, 0.15) is 17.1 Å². The number of hydrogen-bond acceptors (Lipinski definition) is 4. The van der Waals surface area contributed by atoms with Crippen molar-refractivity contribution in [2.24, 2.45) is 0 Å². The van der Waals surface area contributed by atoms with Gasteiger partial charge in [0, 0.05) is 47.3 Å². The van der Waals surface area contributed by atoms with Crippen molar-refractivity contribution in [3.05, 3.63) is 41.7 Å². The van der Waals surface area contributed by atoms with E-state index in [2.05, 4.69) is 11.1 Å². The molecule has 102 valence electrons. The van der Waals surface area contributed by atoms with Crippen LogP contribution in [0.4, 0.5) is 0 Å². The molecule has 3 aliphatic rings. The molecule has 2 aromatic rings. The molecule has 4 nitrogen and oxygen atoms in total. The molecular weight excluding hydrogens is 254 g/mol. The highest BCUT2D eigenvalue weighted by Gasteiger charge is 2.45. The molecule has 1 aromatic carbocycles. The van der Waals surface area contributed by atoms with Gasteiger partial charge in [0.2, 0.25) is 0 Å². The van der Waals surface area contributed by atoms with Gasteiger partial charge in [-0.15, -0.1) is 0 Å². The molecule has 0 amide bonds. The van der Waals surface area contributed by atoms with Crippen LogP contribution in [0.5, 0.6) is 11.5 Å². The quantitative estimate of drug-likeness (QED) is 0.617. The fraction of sp³-hybridized carbons (Fsp3) is 0.312. The van der Waals surface area contributed by atoms with Crippen LogP contribution in [-0.2, 0) is 10.3 Å². The number of methoxy groups -OCH3 is 1. The number of aromatic nitrogens is 1. The predicted octanol–water partition coefficient (Wildman–Crippen LogP) is 2.93. The molecule has 0 spiro atoms. The van der Waals surface area contributed by atoms with Crippen LogP contribution in [-0.4, -0.2) is 22.3 Å². The Morgan fingerprint density at radius 2 is 2.15 bits per heavy atom.